The van der Waals surface area contributed by atoms with Gasteiger partial charge in [-0.1, -0.05) is 0 Å². The van der Waals surface area contributed by atoms with E-state index in [9.17, 15) is 0 Å². The topological polar surface area (TPSA) is 27.7 Å². The molecule has 0 aliphatic carbocycles. The molecule has 0 aromatic carbocycles. The maximum absolute atomic E-state index is 5.14. The fraction of sp³-hybridized carbons (Fsp3) is 1.00. The maximum Gasteiger partial charge on any atom is 0.0826 e. The summed E-state index contributed by atoms with van der Waals surface area (Å²) in [6.07, 6.45) is 3.53. The van der Waals surface area contributed by atoms with E-state index in [2.05, 4.69) is 6.66 Å². The zero-order valence-corrected chi connectivity index (χ0v) is 13.3. The number of methoxy groups -OCH3 is 3. The average Bonchev–Trinajstić information content (AvgIpc) is 2.21. The normalized spacial score (nSPS) is 11.2. The number of halogens is 1. The van der Waals surface area contributed by atoms with Crippen LogP contribution in [0, 0.1) is 0 Å². The Balaban J connectivity index is 0. The van der Waals surface area contributed by atoms with Gasteiger partial charge in [0.15, 0.2) is 0 Å². The van der Waals surface area contributed by atoms with Gasteiger partial charge in [0.1, 0.15) is 0 Å². The zero-order valence-electron chi connectivity index (χ0n) is 10.3. The fourth-order valence-electron chi connectivity index (χ4n) is 1.27. The molecule has 94 valence electrons. The van der Waals surface area contributed by atoms with Gasteiger partial charge in [-0.2, -0.15) is 0 Å². The Morgan fingerprint density at radius 1 is 0.733 bits per heavy atom. The smallest absolute Gasteiger partial charge is 0.0826 e. The molecule has 0 aromatic rings. The van der Waals surface area contributed by atoms with Gasteiger partial charge >= 0.3 is 0 Å². The van der Waals surface area contributed by atoms with Crippen LogP contribution in [0.25, 0.3) is 0 Å². The summed E-state index contributed by atoms with van der Waals surface area (Å²) in [4.78, 5) is 0. The molecule has 0 aliphatic rings. The van der Waals surface area contributed by atoms with Crippen molar-refractivity contribution < 1.29 is 38.2 Å². The SMILES string of the molecule is COCC[P+](C)(CCOC)CCOC.[I-]. The molecule has 5 heteroatoms. The van der Waals surface area contributed by atoms with Crippen LogP contribution in [0.15, 0.2) is 0 Å². The number of ether oxygens (including phenoxy) is 3. The third-order valence-corrected chi connectivity index (χ3v) is 6.29. The molecule has 0 aromatic heterocycles. The Labute approximate surface area is 112 Å². The van der Waals surface area contributed by atoms with E-state index < -0.39 is 7.26 Å². The molecule has 0 radical (unpaired) electrons. The minimum Gasteiger partial charge on any atom is -1.00 e. The lowest BCUT2D eigenvalue weighted by molar-refractivity contribution is -0.00000449. The van der Waals surface area contributed by atoms with Gasteiger partial charge in [0.05, 0.1) is 38.3 Å². The van der Waals surface area contributed by atoms with Crippen molar-refractivity contribution in [2.75, 3.05) is 66.3 Å². The highest BCUT2D eigenvalue weighted by molar-refractivity contribution is 7.75. The van der Waals surface area contributed by atoms with Crippen LogP contribution >= 0.6 is 7.26 Å². The standard InChI is InChI=1S/C10H24O3P.HI/c1-11-5-8-14(4,9-6-12-2)10-7-13-3;/h5-10H2,1-4H3;1H/q+1;/p-1. The predicted molar refractivity (Wildman–Crippen MR) is 63.1 cm³/mol. The fourth-order valence-corrected chi connectivity index (χ4v) is 3.81. The Morgan fingerprint density at radius 2 is 1.00 bits per heavy atom. The zero-order chi connectivity index (χ0) is 10.9. The molecule has 0 unspecified atom stereocenters. The molecule has 0 atom stereocenters. The van der Waals surface area contributed by atoms with Gasteiger partial charge in [-0.05, 0) is 0 Å². The molecule has 0 rings (SSSR count). The van der Waals surface area contributed by atoms with Gasteiger partial charge in [-0.25, -0.2) is 0 Å². The second-order valence-electron chi connectivity index (χ2n) is 3.77. The summed E-state index contributed by atoms with van der Waals surface area (Å²) in [5, 5.41) is 0. The van der Waals surface area contributed by atoms with Crippen molar-refractivity contribution in [1.82, 2.24) is 0 Å². The Bertz CT molecular complexity index is 114. The van der Waals surface area contributed by atoms with Crippen LogP contribution in [0.1, 0.15) is 0 Å². The molecule has 0 spiro atoms. The van der Waals surface area contributed by atoms with Crippen LogP contribution in [-0.4, -0.2) is 66.3 Å². The van der Waals surface area contributed by atoms with Crippen LogP contribution in [0.5, 0.6) is 0 Å². The van der Waals surface area contributed by atoms with Crippen molar-refractivity contribution in [2.45, 2.75) is 0 Å². The van der Waals surface area contributed by atoms with Crippen LogP contribution in [0.4, 0.5) is 0 Å². The second-order valence-corrected chi connectivity index (χ2v) is 8.35. The van der Waals surface area contributed by atoms with Gasteiger partial charge < -0.3 is 38.2 Å². The second kappa shape index (κ2) is 11.5. The van der Waals surface area contributed by atoms with Crippen molar-refractivity contribution in [3.05, 3.63) is 0 Å². The van der Waals surface area contributed by atoms with Crippen molar-refractivity contribution in [3.8, 4) is 0 Å². The molecule has 0 saturated heterocycles. The van der Waals surface area contributed by atoms with E-state index >= 15 is 0 Å². The number of hydrogen-bond acceptors (Lipinski definition) is 3. The summed E-state index contributed by atoms with van der Waals surface area (Å²) in [5.74, 6) is 0. The van der Waals surface area contributed by atoms with Gasteiger partial charge in [0, 0.05) is 35.3 Å². The first kappa shape index (κ1) is 18.4. The quantitative estimate of drug-likeness (QED) is 0.377. The highest BCUT2D eigenvalue weighted by Crippen LogP contribution is 2.54. The van der Waals surface area contributed by atoms with E-state index in [4.69, 9.17) is 14.2 Å². The van der Waals surface area contributed by atoms with E-state index in [1.807, 2.05) is 0 Å². The summed E-state index contributed by atoms with van der Waals surface area (Å²) in [7, 11) is 4.39. The lowest BCUT2D eigenvalue weighted by Gasteiger charge is -2.22. The molecule has 3 nitrogen and oxygen atoms in total. The Kier molecular flexibility index (Phi) is 14.1. The highest BCUT2D eigenvalue weighted by Gasteiger charge is 2.30. The summed E-state index contributed by atoms with van der Waals surface area (Å²) >= 11 is 0. The van der Waals surface area contributed by atoms with Gasteiger partial charge in [0.25, 0.3) is 0 Å². The third-order valence-electron chi connectivity index (χ3n) is 2.51. The van der Waals surface area contributed by atoms with Gasteiger partial charge in [0.2, 0.25) is 0 Å². The summed E-state index contributed by atoms with van der Waals surface area (Å²) < 4.78 is 15.4. The minimum atomic E-state index is -0.894. The summed E-state index contributed by atoms with van der Waals surface area (Å²) in [6.45, 7) is 4.96. The largest absolute Gasteiger partial charge is 1.00 e. The molecular weight excluding hydrogens is 326 g/mol. The van der Waals surface area contributed by atoms with E-state index in [1.165, 1.54) is 18.5 Å². The van der Waals surface area contributed by atoms with Crippen molar-refractivity contribution in [2.24, 2.45) is 0 Å². The van der Waals surface area contributed by atoms with Crippen molar-refractivity contribution in [3.63, 3.8) is 0 Å². The lowest BCUT2D eigenvalue weighted by atomic mass is 10.8. The molecule has 0 bridgehead atoms. The molecule has 0 N–H and O–H groups in total. The summed E-state index contributed by atoms with van der Waals surface area (Å²) in [6, 6.07) is 0. The van der Waals surface area contributed by atoms with Crippen LogP contribution in [0.3, 0.4) is 0 Å². The first-order chi connectivity index (χ1) is 6.68. The highest BCUT2D eigenvalue weighted by atomic mass is 127. The first-order valence-electron chi connectivity index (χ1n) is 4.99. The Hall–Kier alpha value is 1.04. The predicted octanol–water partition coefficient (Wildman–Crippen LogP) is -1.42. The van der Waals surface area contributed by atoms with E-state index in [0.29, 0.717) is 0 Å². The monoisotopic (exact) mass is 350 g/mol. The molecule has 0 amide bonds. The van der Waals surface area contributed by atoms with Crippen molar-refractivity contribution >= 4 is 7.26 Å². The molecule has 15 heavy (non-hydrogen) atoms. The molecule has 0 fully saturated rings. The number of hydrogen-bond donors (Lipinski definition) is 0. The molecular formula is C10H24IO3P. The molecule has 0 saturated carbocycles. The van der Waals surface area contributed by atoms with Gasteiger partial charge in [-0.3, -0.25) is 0 Å². The van der Waals surface area contributed by atoms with E-state index in [1.54, 1.807) is 21.3 Å². The molecule has 0 heterocycles. The summed E-state index contributed by atoms with van der Waals surface area (Å²) in [5.41, 5.74) is 0. The maximum atomic E-state index is 5.14. The first-order valence-corrected chi connectivity index (χ1v) is 7.78. The van der Waals surface area contributed by atoms with E-state index in [0.717, 1.165) is 19.8 Å². The van der Waals surface area contributed by atoms with Crippen molar-refractivity contribution in [1.29, 1.82) is 0 Å². The molecule has 0 aliphatic heterocycles. The van der Waals surface area contributed by atoms with Crippen LogP contribution in [-0.2, 0) is 14.2 Å². The Morgan fingerprint density at radius 3 is 1.20 bits per heavy atom. The average molecular weight is 350 g/mol. The lowest BCUT2D eigenvalue weighted by Crippen LogP contribution is -3.00. The van der Waals surface area contributed by atoms with Gasteiger partial charge in [-0.15, -0.1) is 0 Å². The third kappa shape index (κ3) is 9.94. The van der Waals surface area contributed by atoms with Crippen LogP contribution < -0.4 is 24.0 Å². The minimum absolute atomic E-state index is 0. The van der Waals surface area contributed by atoms with Crippen LogP contribution in [0.2, 0.25) is 0 Å². The van der Waals surface area contributed by atoms with E-state index in [-0.39, 0.29) is 24.0 Å². The number of rotatable bonds is 9.